The number of hydrogen-bond acceptors (Lipinski definition) is 4. The molecule has 0 aromatic carbocycles. The van der Waals surface area contributed by atoms with Gasteiger partial charge in [-0.15, -0.1) is 0 Å². The van der Waals surface area contributed by atoms with Gasteiger partial charge < -0.3 is 17.8 Å². The van der Waals surface area contributed by atoms with Crippen LogP contribution < -0.4 is 0 Å². The quantitative estimate of drug-likeness (QED) is 0.746. The van der Waals surface area contributed by atoms with Crippen LogP contribution in [0, 0.1) is 0 Å². The summed E-state index contributed by atoms with van der Waals surface area (Å²) in [6, 6.07) is 0. The second kappa shape index (κ2) is 5.21. The molecule has 0 unspecified atom stereocenters. The van der Waals surface area contributed by atoms with Crippen LogP contribution in [0.2, 0.25) is 39.3 Å². The molecule has 0 radical (unpaired) electrons. The summed E-state index contributed by atoms with van der Waals surface area (Å²) in [6.45, 7) is 12.0. The lowest BCUT2D eigenvalue weighted by atomic mass is 11.7. The van der Waals surface area contributed by atoms with Crippen molar-refractivity contribution in [1.82, 2.24) is 0 Å². The number of rotatable bonds is 6. The van der Waals surface area contributed by atoms with Gasteiger partial charge in [-0.05, 0) is 39.3 Å². The zero-order valence-corrected chi connectivity index (χ0v) is 13.9. The highest BCUT2D eigenvalue weighted by atomic mass is 28.5. The second-order valence-electron chi connectivity index (χ2n) is 5.13. The van der Waals surface area contributed by atoms with Crippen molar-refractivity contribution in [2.24, 2.45) is 0 Å². The third kappa shape index (κ3) is 6.61. The van der Waals surface area contributed by atoms with Crippen molar-refractivity contribution in [3.05, 3.63) is 0 Å². The van der Waals surface area contributed by atoms with Crippen LogP contribution in [0.5, 0.6) is 0 Å². The van der Waals surface area contributed by atoms with E-state index in [1.807, 2.05) is 39.3 Å². The predicted octanol–water partition coefficient (Wildman–Crippen LogP) is 1.81. The Bertz CT molecular complexity index is 186. The molecule has 0 aliphatic heterocycles. The van der Waals surface area contributed by atoms with Gasteiger partial charge in [-0.25, -0.2) is 0 Å². The van der Waals surface area contributed by atoms with Crippen molar-refractivity contribution in [2.45, 2.75) is 39.3 Å². The molecule has 0 spiro atoms. The van der Waals surface area contributed by atoms with E-state index in [1.165, 1.54) is 0 Å². The van der Waals surface area contributed by atoms with Crippen LogP contribution in [0.3, 0.4) is 0 Å². The van der Waals surface area contributed by atoms with Gasteiger partial charge in [0.15, 0.2) is 0 Å². The number of aliphatic hydroxyl groups is 1. The minimum absolute atomic E-state index is 0.127. The Labute approximate surface area is 96.2 Å². The van der Waals surface area contributed by atoms with Crippen LogP contribution >= 0.6 is 0 Å². The van der Waals surface area contributed by atoms with Crippen LogP contribution in [0.1, 0.15) is 0 Å². The average Bonchev–Trinajstić information content (AvgIpc) is 2.00. The molecule has 7 heteroatoms. The molecule has 0 atom stereocenters. The molecule has 92 valence electrons. The Hall–Kier alpha value is 0.491. The SMILES string of the molecule is CO[Si](C)(C)O[Si](C)(C)O[Si](C)(C)CO. The third-order valence-corrected chi connectivity index (χ3v) is 11.7. The minimum atomic E-state index is -2.18. The van der Waals surface area contributed by atoms with Gasteiger partial charge in [-0.1, -0.05) is 0 Å². The van der Waals surface area contributed by atoms with Gasteiger partial charge in [0, 0.05) is 7.11 Å². The largest absolute Gasteiger partial charge is 0.435 e. The summed E-state index contributed by atoms with van der Waals surface area (Å²) >= 11 is 0. The lowest BCUT2D eigenvalue weighted by Crippen LogP contribution is -2.54. The normalized spacial score (nSPS) is 14.4. The Morgan fingerprint density at radius 1 is 0.867 bits per heavy atom. The standard InChI is InChI=1S/C8H24O4Si3/c1-10-14(4,5)12-15(6,7)11-13(2,3)8-9/h9H,8H2,1-7H3. The monoisotopic (exact) mass is 268 g/mol. The first-order valence-corrected chi connectivity index (χ1v) is 13.8. The van der Waals surface area contributed by atoms with Gasteiger partial charge in [0.1, 0.15) is 0 Å². The van der Waals surface area contributed by atoms with Gasteiger partial charge in [-0.2, -0.15) is 0 Å². The molecule has 0 rings (SSSR count). The van der Waals surface area contributed by atoms with Crippen molar-refractivity contribution in [3.8, 4) is 0 Å². The molecule has 0 amide bonds. The van der Waals surface area contributed by atoms with E-state index >= 15 is 0 Å². The molecule has 0 saturated heterocycles. The fourth-order valence-corrected chi connectivity index (χ4v) is 12.5. The van der Waals surface area contributed by atoms with Crippen LogP contribution in [0.15, 0.2) is 0 Å². The Morgan fingerprint density at radius 3 is 1.67 bits per heavy atom. The van der Waals surface area contributed by atoms with Gasteiger partial charge in [0.25, 0.3) is 0 Å². The lowest BCUT2D eigenvalue weighted by molar-refractivity contribution is 0.269. The van der Waals surface area contributed by atoms with Crippen molar-refractivity contribution in [2.75, 3.05) is 13.3 Å². The van der Waals surface area contributed by atoms with Crippen LogP contribution in [-0.2, 0) is 12.7 Å². The molecule has 0 saturated carbocycles. The Morgan fingerprint density at radius 2 is 1.33 bits per heavy atom. The summed E-state index contributed by atoms with van der Waals surface area (Å²) in [4.78, 5) is 0. The fourth-order valence-electron chi connectivity index (χ4n) is 1.35. The van der Waals surface area contributed by atoms with E-state index in [0.717, 1.165) is 0 Å². The fraction of sp³-hybridized carbons (Fsp3) is 1.00. The zero-order chi connectivity index (χ0) is 12.3. The molecular formula is C8H24O4Si3. The minimum Gasteiger partial charge on any atom is -0.435 e. The molecule has 0 aromatic heterocycles. The topological polar surface area (TPSA) is 47.9 Å². The van der Waals surface area contributed by atoms with Crippen molar-refractivity contribution < 1.29 is 17.8 Å². The number of aliphatic hydroxyl groups excluding tert-OH is 1. The molecular weight excluding hydrogens is 244 g/mol. The zero-order valence-electron chi connectivity index (χ0n) is 10.9. The molecule has 0 aliphatic carbocycles. The molecule has 0 aliphatic rings. The van der Waals surface area contributed by atoms with E-state index in [1.54, 1.807) is 7.11 Å². The van der Waals surface area contributed by atoms with Crippen molar-refractivity contribution in [3.63, 3.8) is 0 Å². The summed E-state index contributed by atoms with van der Waals surface area (Å²) in [5, 5.41) is 9.20. The van der Waals surface area contributed by atoms with Crippen LogP contribution in [0.25, 0.3) is 0 Å². The summed E-state index contributed by atoms with van der Waals surface area (Å²) in [5.74, 6) is 0. The lowest BCUT2D eigenvalue weighted by Gasteiger charge is -2.36. The van der Waals surface area contributed by atoms with E-state index in [-0.39, 0.29) is 6.23 Å². The first-order chi connectivity index (χ1) is 6.54. The van der Waals surface area contributed by atoms with Crippen molar-refractivity contribution in [1.29, 1.82) is 0 Å². The molecule has 4 nitrogen and oxygen atoms in total. The maximum atomic E-state index is 9.20. The van der Waals surface area contributed by atoms with Crippen LogP contribution in [-0.4, -0.2) is 43.9 Å². The van der Waals surface area contributed by atoms with E-state index < -0.39 is 25.4 Å². The smallest absolute Gasteiger partial charge is 0.322 e. The summed E-state index contributed by atoms with van der Waals surface area (Å²) < 4.78 is 17.3. The van der Waals surface area contributed by atoms with Gasteiger partial charge >= 0.3 is 17.1 Å². The van der Waals surface area contributed by atoms with Gasteiger partial charge in [0.05, 0.1) is 6.23 Å². The van der Waals surface area contributed by atoms with E-state index in [2.05, 4.69) is 0 Å². The third-order valence-electron chi connectivity index (χ3n) is 1.89. The molecule has 0 heterocycles. The molecule has 0 aromatic rings. The van der Waals surface area contributed by atoms with E-state index in [0.29, 0.717) is 0 Å². The first-order valence-electron chi connectivity index (χ1n) is 5.10. The number of hydrogen-bond donors (Lipinski definition) is 1. The summed E-state index contributed by atoms with van der Waals surface area (Å²) in [6.07, 6.45) is 0.127. The molecule has 15 heavy (non-hydrogen) atoms. The van der Waals surface area contributed by atoms with E-state index in [9.17, 15) is 5.11 Å². The highest BCUT2D eigenvalue weighted by molar-refractivity contribution is 6.86. The maximum Gasteiger partial charge on any atom is 0.322 e. The van der Waals surface area contributed by atoms with Gasteiger partial charge in [-0.3, -0.25) is 0 Å². The second-order valence-corrected chi connectivity index (χ2v) is 16.6. The van der Waals surface area contributed by atoms with E-state index in [4.69, 9.17) is 12.7 Å². The highest BCUT2D eigenvalue weighted by Gasteiger charge is 2.39. The Balaban J connectivity index is 4.43. The maximum absolute atomic E-state index is 9.20. The van der Waals surface area contributed by atoms with Gasteiger partial charge in [0.2, 0.25) is 8.32 Å². The highest BCUT2D eigenvalue weighted by Crippen LogP contribution is 2.20. The predicted molar refractivity (Wildman–Crippen MR) is 68.7 cm³/mol. The molecule has 1 N–H and O–H groups in total. The summed E-state index contributed by atoms with van der Waals surface area (Å²) in [7, 11) is -4.52. The molecule has 0 bridgehead atoms. The first kappa shape index (κ1) is 15.5. The molecule has 0 fully saturated rings. The average molecular weight is 269 g/mol. The van der Waals surface area contributed by atoms with Crippen LogP contribution in [0.4, 0.5) is 0 Å². The Kier molecular flexibility index (Phi) is 5.38. The van der Waals surface area contributed by atoms with Crippen molar-refractivity contribution >= 4 is 25.4 Å². The summed E-state index contributed by atoms with van der Waals surface area (Å²) in [5.41, 5.74) is 0.